The van der Waals surface area contributed by atoms with Crippen LogP contribution in [0.1, 0.15) is 61.1 Å². The summed E-state index contributed by atoms with van der Waals surface area (Å²) in [6.45, 7) is 8.19. The summed E-state index contributed by atoms with van der Waals surface area (Å²) >= 11 is 0. The molecule has 1 atom stereocenters. The van der Waals surface area contributed by atoms with Crippen molar-refractivity contribution in [3.8, 4) is 11.5 Å². The van der Waals surface area contributed by atoms with Gasteiger partial charge in [0.25, 0.3) is 11.8 Å². The van der Waals surface area contributed by atoms with Crippen molar-refractivity contribution in [2.75, 3.05) is 13.7 Å². The number of carbonyl (C=O) groups excluding carboxylic acids is 2. The van der Waals surface area contributed by atoms with Crippen LogP contribution < -0.4 is 20.5 Å². The molecule has 0 aliphatic heterocycles. The van der Waals surface area contributed by atoms with Gasteiger partial charge in [-0.15, -0.1) is 0 Å². The van der Waals surface area contributed by atoms with E-state index in [0.717, 1.165) is 5.56 Å². The molecule has 0 aliphatic carbocycles. The van der Waals surface area contributed by atoms with Gasteiger partial charge in [-0.3, -0.25) is 9.59 Å². The van der Waals surface area contributed by atoms with Gasteiger partial charge in [-0.1, -0.05) is 52.0 Å². The Morgan fingerprint density at radius 3 is 2.10 bits per heavy atom. The molecule has 0 bridgehead atoms. The second kappa shape index (κ2) is 9.96. The highest BCUT2D eigenvalue weighted by atomic mass is 16.5. The summed E-state index contributed by atoms with van der Waals surface area (Å²) in [7, 11) is 1.47. The van der Waals surface area contributed by atoms with E-state index < -0.39 is 5.91 Å². The first-order valence-electron chi connectivity index (χ1n) is 9.72. The molecular formula is C23H30N2O4. The highest BCUT2D eigenvalue weighted by Gasteiger charge is 2.20. The second-order valence-corrected chi connectivity index (χ2v) is 7.64. The predicted molar refractivity (Wildman–Crippen MR) is 113 cm³/mol. The van der Waals surface area contributed by atoms with Gasteiger partial charge >= 0.3 is 0 Å². The fourth-order valence-electron chi connectivity index (χ4n) is 3.02. The molecule has 6 nitrogen and oxygen atoms in total. The Bertz CT molecular complexity index is 844. The minimum absolute atomic E-state index is 0.125. The lowest BCUT2D eigenvalue weighted by Crippen LogP contribution is -2.31. The Kier molecular flexibility index (Phi) is 7.65. The summed E-state index contributed by atoms with van der Waals surface area (Å²) in [6.07, 6.45) is 0. The molecule has 0 fully saturated rings. The topological polar surface area (TPSA) is 90.7 Å². The van der Waals surface area contributed by atoms with Gasteiger partial charge in [-0.05, 0) is 41.2 Å². The van der Waals surface area contributed by atoms with Crippen molar-refractivity contribution in [2.45, 2.75) is 39.7 Å². The molecule has 0 saturated carbocycles. The van der Waals surface area contributed by atoms with Gasteiger partial charge in [0.15, 0.2) is 18.1 Å². The van der Waals surface area contributed by atoms with Crippen LogP contribution in [0.25, 0.3) is 0 Å². The summed E-state index contributed by atoms with van der Waals surface area (Å²) in [5.74, 6) is 0.588. The van der Waals surface area contributed by atoms with Gasteiger partial charge in [0, 0.05) is 5.56 Å². The van der Waals surface area contributed by atoms with Crippen LogP contribution in [0.2, 0.25) is 0 Å². The quantitative estimate of drug-likeness (QED) is 0.672. The summed E-state index contributed by atoms with van der Waals surface area (Å²) in [6, 6.07) is 13.0. The third-order valence-electron chi connectivity index (χ3n) is 4.71. The average molecular weight is 399 g/mol. The Morgan fingerprint density at radius 1 is 0.966 bits per heavy atom. The maximum Gasteiger partial charge on any atom is 0.255 e. The van der Waals surface area contributed by atoms with Crippen LogP contribution >= 0.6 is 0 Å². The van der Waals surface area contributed by atoms with Crippen LogP contribution in [-0.2, 0) is 4.79 Å². The monoisotopic (exact) mass is 398 g/mol. The van der Waals surface area contributed by atoms with Crippen LogP contribution in [0.4, 0.5) is 0 Å². The molecule has 6 heteroatoms. The van der Waals surface area contributed by atoms with E-state index in [4.69, 9.17) is 15.2 Å². The first kappa shape index (κ1) is 22.3. The van der Waals surface area contributed by atoms with Crippen molar-refractivity contribution in [1.29, 1.82) is 0 Å². The van der Waals surface area contributed by atoms with E-state index in [0.29, 0.717) is 23.0 Å². The first-order chi connectivity index (χ1) is 13.7. The van der Waals surface area contributed by atoms with E-state index in [2.05, 4.69) is 57.3 Å². The zero-order chi connectivity index (χ0) is 21.6. The molecule has 0 aromatic heterocycles. The maximum atomic E-state index is 12.9. The Labute approximate surface area is 172 Å². The van der Waals surface area contributed by atoms with E-state index in [1.807, 2.05) is 0 Å². The highest BCUT2D eigenvalue weighted by molar-refractivity contribution is 5.95. The number of hydrogen-bond acceptors (Lipinski definition) is 4. The number of amides is 2. The lowest BCUT2D eigenvalue weighted by molar-refractivity contribution is -0.119. The number of benzene rings is 2. The molecule has 3 N–H and O–H groups in total. The zero-order valence-corrected chi connectivity index (χ0v) is 17.7. The summed E-state index contributed by atoms with van der Waals surface area (Å²) in [4.78, 5) is 23.8. The van der Waals surface area contributed by atoms with E-state index in [-0.39, 0.29) is 24.5 Å². The predicted octanol–water partition coefficient (Wildman–Crippen LogP) is 3.81. The van der Waals surface area contributed by atoms with Crippen LogP contribution in [0.3, 0.4) is 0 Å². The molecule has 2 aromatic carbocycles. The minimum atomic E-state index is -0.586. The van der Waals surface area contributed by atoms with Gasteiger partial charge < -0.3 is 20.5 Å². The van der Waals surface area contributed by atoms with Gasteiger partial charge in [0.2, 0.25) is 0 Å². The van der Waals surface area contributed by atoms with Crippen LogP contribution in [-0.4, -0.2) is 25.5 Å². The second-order valence-electron chi connectivity index (χ2n) is 7.64. The molecule has 0 saturated heterocycles. The standard InChI is InChI=1S/C23H30N2O4/c1-14(2)16-6-8-17(9-7-16)22(15(3)4)25-23(27)18-10-11-19(20(12-18)28-5)29-13-21(24)26/h6-12,14-15,22H,13H2,1-5H3,(H2,24,26)(H,25,27). The smallest absolute Gasteiger partial charge is 0.255 e. The van der Waals surface area contributed by atoms with Gasteiger partial charge in [-0.2, -0.15) is 0 Å². The number of rotatable bonds is 9. The molecule has 2 rings (SSSR count). The maximum absolute atomic E-state index is 12.9. The number of methoxy groups -OCH3 is 1. The minimum Gasteiger partial charge on any atom is -0.493 e. The Balaban J connectivity index is 2.20. The van der Waals surface area contributed by atoms with Crippen molar-refractivity contribution in [1.82, 2.24) is 5.32 Å². The summed E-state index contributed by atoms with van der Waals surface area (Å²) < 4.78 is 10.6. The van der Waals surface area contributed by atoms with Gasteiger partial charge in [0.1, 0.15) is 0 Å². The lowest BCUT2D eigenvalue weighted by atomic mass is 9.93. The Hall–Kier alpha value is -3.02. The van der Waals surface area contributed by atoms with Gasteiger partial charge in [-0.25, -0.2) is 0 Å². The molecule has 0 spiro atoms. The Morgan fingerprint density at radius 2 is 1.59 bits per heavy atom. The number of carbonyl (C=O) groups is 2. The third kappa shape index (κ3) is 5.98. The van der Waals surface area contributed by atoms with Crippen molar-refractivity contribution in [3.63, 3.8) is 0 Å². The summed E-state index contributed by atoms with van der Waals surface area (Å²) in [5, 5.41) is 3.11. The highest BCUT2D eigenvalue weighted by Crippen LogP contribution is 2.29. The zero-order valence-electron chi connectivity index (χ0n) is 17.7. The number of hydrogen-bond donors (Lipinski definition) is 2. The number of nitrogens with one attached hydrogen (secondary N) is 1. The first-order valence-corrected chi connectivity index (χ1v) is 9.72. The number of primary amides is 1. The van der Waals surface area contributed by atoms with E-state index in [1.54, 1.807) is 18.2 Å². The normalized spacial score (nSPS) is 12.0. The number of nitrogens with two attached hydrogens (primary N) is 1. The molecule has 156 valence electrons. The van der Waals surface area contributed by atoms with Crippen LogP contribution in [0.15, 0.2) is 42.5 Å². The SMILES string of the molecule is COc1cc(C(=O)NC(c2ccc(C(C)C)cc2)C(C)C)ccc1OCC(N)=O. The molecule has 2 aromatic rings. The number of ether oxygens (including phenoxy) is 2. The van der Waals surface area contributed by atoms with Crippen molar-refractivity contribution in [3.05, 3.63) is 59.2 Å². The molecule has 0 heterocycles. The fraction of sp³-hybridized carbons (Fsp3) is 0.391. The molecule has 0 radical (unpaired) electrons. The molecule has 2 amide bonds. The fourth-order valence-corrected chi connectivity index (χ4v) is 3.02. The largest absolute Gasteiger partial charge is 0.493 e. The molecular weight excluding hydrogens is 368 g/mol. The van der Waals surface area contributed by atoms with Crippen LogP contribution in [0, 0.1) is 5.92 Å². The van der Waals surface area contributed by atoms with Crippen molar-refractivity contribution < 1.29 is 19.1 Å². The van der Waals surface area contributed by atoms with E-state index in [9.17, 15) is 9.59 Å². The molecule has 1 unspecified atom stereocenters. The molecule has 0 aliphatic rings. The van der Waals surface area contributed by atoms with E-state index >= 15 is 0 Å². The van der Waals surface area contributed by atoms with Crippen molar-refractivity contribution >= 4 is 11.8 Å². The van der Waals surface area contributed by atoms with Crippen molar-refractivity contribution in [2.24, 2.45) is 11.7 Å². The lowest BCUT2D eigenvalue weighted by Gasteiger charge is -2.24. The van der Waals surface area contributed by atoms with Gasteiger partial charge in [0.05, 0.1) is 13.2 Å². The third-order valence-corrected chi connectivity index (χ3v) is 4.71. The molecule has 29 heavy (non-hydrogen) atoms. The summed E-state index contributed by atoms with van der Waals surface area (Å²) in [5.41, 5.74) is 7.87. The van der Waals surface area contributed by atoms with E-state index in [1.165, 1.54) is 12.7 Å². The van der Waals surface area contributed by atoms with Crippen LogP contribution in [0.5, 0.6) is 11.5 Å². The average Bonchev–Trinajstić information content (AvgIpc) is 2.69.